The Morgan fingerprint density at radius 3 is 1.48 bits per heavy atom. The summed E-state index contributed by atoms with van der Waals surface area (Å²) in [6.45, 7) is 6.70. The molecular formula is C59H109N2O7P. The number of phosphoric ester groups is 1. The van der Waals surface area contributed by atoms with Gasteiger partial charge >= 0.3 is 5.97 Å². The molecule has 0 spiro atoms. The van der Waals surface area contributed by atoms with Gasteiger partial charge in [-0.2, -0.15) is 0 Å². The van der Waals surface area contributed by atoms with Crippen molar-refractivity contribution in [2.75, 3.05) is 40.9 Å². The van der Waals surface area contributed by atoms with Gasteiger partial charge in [0.2, 0.25) is 5.91 Å². The van der Waals surface area contributed by atoms with E-state index >= 15 is 0 Å². The molecule has 1 N–H and O–H groups in total. The predicted octanol–water partition coefficient (Wildman–Crippen LogP) is 16.5. The Labute approximate surface area is 426 Å². The first-order chi connectivity index (χ1) is 33.4. The number of hydrogen-bond acceptors (Lipinski definition) is 7. The number of rotatable bonds is 51. The average Bonchev–Trinajstić information content (AvgIpc) is 3.31. The van der Waals surface area contributed by atoms with Crippen LogP contribution in [0.4, 0.5) is 0 Å². The number of unbranched alkanes of at least 4 members (excludes halogenated alkanes) is 28. The van der Waals surface area contributed by atoms with E-state index in [-0.39, 0.29) is 31.3 Å². The van der Waals surface area contributed by atoms with E-state index in [1.165, 1.54) is 122 Å². The summed E-state index contributed by atoms with van der Waals surface area (Å²) in [5.41, 5.74) is 0. The molecule has 0 bridgehead atoms. The summed E-state index contributed by atoms with van der Waals surface area (Å²) in [7, 11) is 1.16. The molecule has 402 valence electrons. The first kappa shape index (κ1) is 66.7. The fraction of sp³-hybridized carbons (Fsp3) is 0.797. The SMILES string of the molecule is CC/C=C/C/C=C/CCCCCCCCCC(=O)OC(/C=C/CCCCCCCCCCCCC)C(COP(=O)([O-])OCC[N+](C)(C)C)NC(=O)CCCCC/C=C/C=C/CCCCCCCCC. The lowest BCUT2D eigenvalue weighted by Crippen LogP contribution is -2.47. The number of quaternary nitrogens is 1. The minimum atomic E-state index is -4.70. The smallest absolute Gasteiger partial charge is 0.306 e. The Kier molecular flexibility index (Phi) is 47.7. The second kappa shape index (κ2) is 49.3. The van der Waals surface area contributed by atoms with Gasteiger partial charge in [-0.25, -0.2) is 0 Å². The maximum absolute atomic E-state index is 13.5. The highest BCUT2D eigenvalue weighted by Crippen LogP contribution is 2.38. The highest BCUT2D eigenvalue weighted by molar-refractivity contribution is 7.45. The van der Waals surface area contributed by atoms with Crippen molar-refractivity contribution in [2.24, 2.45) is 0 Å². The van der Waals surface area contributed by atoms with Gasteiger partial charge in [0.25, 0.3) is 7.82 Å². The number of amides is 1. The van der Waals surface area contributed by atoms with Crippen molar-refractivity contribution in [1.82, 2.24) is 5.32 Å². The molecule has 0 saturated carbocycles. The lowest BCUT2D eigenvalue weighted by atomic mass is 10.0. The fourth-order valence-electron chi connectivity index (χ4n) is 8.02. The number of likely N-dealkylation sites (N-methyl/N-ethyl adjacent to an activating group) is 1. The Bertz CT molecular complexity index is 1370. The number of esters is 1. The molecule has 0 aromatic heterocycles. The molecule has 0 aliphatic rings. The van der Waals surface area contributed by atoms with Crippen LogP contribution < -0.4 is 10.2 Å². The van der Waals surface area contributed by atoms with Crippen LogP contribution in [0, 0.1) is 0 Å². The lowest BCUT2D eigenvalue weighted by Gasteiger charge is -2.30. The third-order valence-electron chi connectivity index (χ3n) is 12.5. The highest BCUT2D eigenvalue weighted by Gasteiger charge is 2.27. The van der Waals surface area contributed by atoms with Crippen LogP contribution >= 0.6 is 7.82 Å². The van der Waals surface area contributed by atoms with Crippen molar-refractivity contribution < 1.29 is 37.3 Å². The van der Waals surface area contributed by atoms with Gasteiger partial charge in [0.05, 0.1) is 33.8 Å². The second-order valence-corrected chi connectivity index (χ2v) is 21.8. The number of phosphoric acid groups is 1. The van der Waals surface area contributed by atoms with Gasteiger partial charge in [-0.3, -0.25) is 14.2 Å². The topological polar surface area (TPSA) is 114 Å². The van der Waals surface area contributed by atoms with E-state index in [1.807, 2.05) is 33.3 Å². The predicted molar refractivity (Wildman–Crippen MR) is 293 cm³/mol. The molecule has 1 amide bonds. The molecule has 3 atom stereocenters. The quantitative estimate of drug-likeness (QED) is 0.0161. The van der Waals surface area contributed by atoms with E-state index in [4.69, 9.17) is 13.8 Å². The molecule has 3 unspecified atom stereocenters. The third kappa shape index (κ3) is 50.4. The Morgan fingerprint density at radius 1 is 0.536 bits per heavy atom. The van der Waals surface area contributed by atoms with Gasteiger partial charge < -0.3 is 28.5 Å². The summed E-state index contributed by atoms with van der Waals surface area (Å²) in [5.74, 6) is -0.580. The molecule has 0 radical (unpaired) electrons. The maximum atomic E-state index is 13.5. The summed E-state index contributed by atoms with van der Waals surface area (Å²) in [5, 5.41) is 3.00. The van der Waals surface area contributed by atoms with Gasteiger partial charge in [0.1, 0.15) is 19.3 Å². The first-order valence-corrected chi connectivity index (χ1v) is 30.1. The van der Waals surface area contributed by atoms with Crippen LogP contribution in [0.5, 0.6) is 0 Å². The molecule has 0 fully saturated rings. The molecule has 0 aromatic rings. The number of nitrogens with zero attached hydrogens (tertiary/aromatic N) is 1. The first-order valence-electron chi connectivity index (χ1n) is 28.6. The van der Waals surface area contributed by atoms with E-state index in [1.54, 1.807) is 0 Å². The van der Waals surface area contributed by atoms with Crippen molar-refractivity contribution in [3.63, 3.8) is 0 Å². The van der Waals surface area contributed by atoms with E-state index in [0.717, 1.165) is 89.9 Å². The summed E-state index contributed by atoms with van der Waals surface area (Å²) in [6.07, 6.45) is 60.4. The molecular weight excluding hydrogens is 880 g/mol. The molecule has 10 heteroatoms. The minimum absolute atomic E-state index is 0.0299. The molecule has 9 nitrogen and oxygen atoms in total. The van der Waals surface area contributed by atoms with Gasteiger partial charge in [-0.1, -0.05) is 217 Å². The van der Waals surface area contributed by atoms with Crippen LogP contribution in [-0.4, -0.2) is 69.4 Å². The Balaban J connectivity index is 5.43. The van der Waals surface area contributed by atoms with E-state index in [0.29, 0.717) is 17.4 Å². The zero-order valence-corrected chi connectivity index (χ0v) is 46.7. The zero-order chi connectivity index (χ0) is 50.8. The molecule has 0 aliphatic heterocycles. The molecule has 0 aromatic carbocycles. The maximum Gasteiger partial charge on any atom is 0.306 e. The third-order valence-corrected chi connectivity index (χ3v) is 13.4. The number of hydrogen-bond donors (Lipinski definition) is 1. The number of carbonyl (C=O) groups excluding carboxylic acids is 2. The number of carbonyl (C=O) groups is 2. The van der Waals surface area contributed by atoms with E-state index < -0.39 is 26.6 Å². The van der Waals surface area contributed by atoms with Gasteiger partial charge in [-0.05, 0) is 83.1 Å². The summed E-state index contributed by atoms with van der Waals surface area (Å²) < 4.78 is 30.2. The van der Waals surface area contributed by atoms with Crippen LogP contribution in [0.2, 0.25) is 0 Å². The standard InChI is InChI=1S/C59H109N2O7P/c1-7-10-13-16-19-22-25-28-30-31-33-36-39-42-45-48-51-58(62)60-56(55-67-69(64,65)66-54-53-61(4,5)6)57(50-47-44-41-38-35-32-27-24-21-18-15-12-9-3)68-59(63)52-49-46-43-40-37-34-29-26-23-20-17-14-11-8-2/h11,14,20,23,30-31,33,36,47,50,56-57H,7-10,12-13,15-19,21-22,24-29,32,34-35,37-46,48-49,51-55H2,1-6H3,(H-,60,62,64,65)/b14-11+,23-20+,31-30+,36-33+,50-47+. The number of ether oxygens (including phenoxy) is 1. The van der Waals surface area contributed by atoms with Crippen LogP contribution in [-0.2, 0) is 27.9 Å². The Hall–Kier alpha value is -2.29. The monoisotopic (exact) mass is 989 g/mol. The minimum Gasteiger partial charge on any atom is -0.756 e. The second-order valence-electron chi connectivity index (χ2n) is 20.4. The number of nitrogens with one attached hydrogen (secondary N) is 1. The largest absolute Gasteiger partial charge is 0.756 e. The van der Waals surface area contributed by atoms with Crippen molar-refractivity contribution in [3.8, 4) is 0 Å². The van der Waals surface area contributed by atoms with Crippen molar-refractivity contribution in [2.45, 2.75) is 264 Å². The van der Waals surface area contributed by atoms with Crippen molar-refractivity contribution >= 4 is 19.7 Å². The Morgan fingerprint density at radius 2 is 0.971 bits per heavy atom. The van der Waals surface area contributed by atoms with E-state index in [2.05, 4.69) is 74.7 Å². The molecule has 0 heterocycles. The van der Waals surface area contributed by atoms with Crippen LogP contribution in [0.1, 0.15) is 252 Å². The van der Waals surface area contributed by atoms with E-state index in [9.17, 15) is 19.0 Å². The molecule has 0 saturated heterocycles. The zero-order valence-electron chi connectivity index (χ0n) is 45.8. The normalized spacial score (nSPS) is 14.2. The molecule has 69 heavy (non-hydrogen) atoms. The van der Waals surface area contributed by atoms with Gasteiger partial charge in [-0.15, -0.1) is 0 Å². The van der Waals surface area contributed by atoms with Crippen LogP contribution in [0.25, 0.3) is 0 Å². The molecule has 0 rings (SSSR count). The lowest BCUT2D eigenvalue weighted by molar-refractivity contribution is -0.870. The summed E-state index contributed by atoms with van der Waals surface area (Å²) in [4.78, 5) is 39.8. The van der Waals surface area contributed by atoms with Crippen molar-refractivity contribution in [1.29, 1.82) is 0 Å². The summed E-state index contributed by atoms with van der Waals surface area (Å²) in [6, 6.07) is -0.905. The van der Waals surface area contributed by atoms with Crippen LogP contribution in [0.15, 0.2) is 60.8 Å². The molecule has 0 aliphatic carbocycles. The van der Waals surface area contributed by atoms with Crippen molar-refractivity contribution in [3.05, 3.63) is 60.8 Å². The highest BCUT2D eigenvalue weighted by atomic mass is 31.2. The van der Waals surface area contributed by atoms with Gasteiger partial charge in [0, 0.05) is 12.8 Å². The number of allylic oxidation sites excluding steroid dienone is 9. The average molecular weight is 990 g/mol. The van der Waals surface area contributed by atoms with Gasteiger partial charge in [0.15, 0.2) is 0 Å². The van der Waals surface area contributed by atoms with Crippen LogP contribution in [0.3, 0.4) is 0 Å². The fourth-order valence-corrected chi connectivity index (χ4v) is 8.74. The summed E-state index contributed by atoms with van der Waals surface area (Å²) >= 11 is 0.